The molecule has 5 nitrogen and oxygen atoms in total. The number of aliphatic imine (C=N–C) groups is 1. The minimum Gasteiger partial charge on any atom is -0.376 e. The average Bonchev–Trinajstić information content (AvgIpc) is 2.98. The first-order chi connectivity index (χ1) is 9.78. The second-order valence-electron chi connectivity index (χ2n) is 5.07. The Hall–Kier alpha value is -0.890. The quantitative estimate of drug-likeness (QED) is 0.447. The SMILES string of the molecule is CN=C(NCCc1ccc(C)nc1)NCC1CCCO1.I. The summed E-state index contributed by atoms with van der Waals surface area (Å²) in [4.78, 5) is 8.51. The highest BCUT2D eigenvalue weighted by molar-refractivity contribution is 14.0. The van der Waals surface area contributed by atoms with E-state index in [1.165, 1.54) is 12.0 Å². The highest BCUT2D eigenvalue weighted by atomic mass is 127. The lowest BCUT2D eigenvalue weighted by molar-refractivity contribution is 0.114. The van der Waals surface area contributed by atoms with E-state index in [9.17, 15) is 0 Å². The Morgan fingerprint density at radius 2 is 2.29 bits per heavy atom. The zero-order valence-corrected chi connectivity index (χ0v) is 15.1. The van der Waals surface area contributed by atoms with Gasteiger partial charge < -0.3 is 15.4 Å². The van der Waals surface area contributed by atoms with Crippen LogP contribution in [0, 0.1) is 6.92 Å². The van der Waals surface area contributed by atoms with Crippen molar-refractivity contribution >= 4 is 29.9 Å². The monoisotopic (exact) mass is 404 g/mol. The van der Waals surface area contributed by atoms with Gasteiger partial charge in [-0.25, -0.2) is 0 Å². The van der Waals surface area contributed by atoms with Crippen molar-refractivity contribution in [2.45, 2.75) is 32.3 Å². The van der Waals surface area contributed by atoms with Crippen LogP contribution < -0.4 is 10.6 Å². The molecule has 0 amide bonds. The van der Waals surface area contributed by atoms with Crippen LogP contribution in [-0.4, -0.2) is 43.8 Å². The Balaban J connectivity index is 0.00000220. The number of guanidine groups is 1. The second-order valence-corrected chi connectivity index (χ2v) is 5.07. The first-order valence-corrected chi connectivity index (χ1v) is 7.25. The third-order valence-corrected chi connectivity index (χ3v) is 3.42. The van der Waals surface area contributed by atoms with E-state index in [1.807, 2.05) is 19.2 Å². The minimum absolute atomic E-state index is 0. The molecular weight excluding hydrogens is 379 g/mol. The van der Waals surface area contributed by atoms with Gasteiger partial charge in [0, 0.05) is 38.6 Å². The van der Waals surface area contributed by atoms with Crippen molar-refractivity contribution in [3.63, 3.8) is 0 Å². The van der Waals surface area contributed by atoms with Crippen LogP contribution in [0.5, 0.6) is 0 Å². The molecule has 1 atom stereocenters. The molecule has 2 N–H and O–H groups in total. The van der Waals surface area contributed by atoms with Gasteiger partial charge in [-0.15, -0.1) is 24.0 Å². The van der Waals surface area contributed by atoms with Gasteiger partial charge >= 0.3 is 0 Å². The van der Waals surface area contributed by atoms with Crippen LogP contribution in [0.3, 0.4) is 0 Å². The van der Waals surface area contributed by atoms with Gasteiger partial charge in [0.15, 0.2) is 5.96 Å². The molecule has 1 aromatic heterocycles. The molecule has 0 radical (unpaired) electrons. The topological polar surface area (TPSA) is 58.5 Å². The van der Waals surface area contributed by atoms with Crippen molar-refractivity contribution in [2.75, 3.05) is 26.7 Å². The fourth-order valence-electron chi connectivity index (χ4n) is 2.21. The van der Waals surface area contributed by atoms with Crippen molar-refractivity contribution in [3.05, 3.63) is 29.6 Å². The number of nitrogens with zero attached hydrogens (tertiary/aromatic N) is 2. The van der Waals surface area contributed by atoms with Crippen LogP contribution in [0.4, 0.5) is 0 Å². The average molecular weight is 404 g/mol. The molecule has 0 aromatic carbocycles. The Labute approximate surface area is 144 Å². The Morgan fingerprint density at radius 1 is 1.43 bits per heavy atom. The zero-order valence-electron chi connectivity index (χ0n) is 12.8. The van der Waals surface area contributed by atoms with E-state index in [2.05, 4.69) is 26.7 Å². The summed E-state index contributed by atoms with van der Waals surface area (Å²) >= 11 is 0. The van der Waals surface area contributed by atoms with Gasteiger partial charge in [-0.2, -0.15) is 0 Å². The summed E-state index contributed by atoms with van der Waals surface area (Å²) in [7, 11) is 1.79. The van der Waals surface area contributed by atoms with E-state index in [0.29, 0.717) is 6.10 Å². The molecule has 0 spiro atoms. The Kier molecular flexibility index (Phi) is 8.60. The third-order valence-electron chi connectivity index (χ3n) is 3.42. The summed E-state index contributed by atoms with van der Waals surface area (Å²) < 4.78 is 5.58. The van der Waals surface area contributed by atoms with E-state index in [-0.39, 0.29) is 24.0 Å². The van der Waals surface area contributed by atoms with Gasteiger partial charge in [-0.3, -0.25) is 9.98 Å². The molecule has 1 saturated heterocycles. The van der Waals surface area contributed by atoms with E-state index in [1.54, 1.807) is 7.05 Å². The molecule has 1 aliphatic heterocycles. The number of pyridine rings is 1. The number of aryl methyl sites for hydroxylation is 1. The summed E-state index contributed by atoms with van der Waals surface area (Å²) in [6, 6.07) is 4.16. The van der Waals surface area contributed by atoms with E-state index in [0.717, 1.165) is 44.2 Å². The lowest BCUT2D eigenvalue weighted by Gasteiger charge is -2.15. The Bertz CT molecular complexity index is 430. The fraction of sp³-hybridized carbons (Fsp3) is 0.600. The molecule has 2 rings (SSSR count). The highest BCUT2D eigenvalue weighted by Crippen LogP contribution is 2.10. The third kappa shape index (κ3) is 6.60. The summed E-state index contributed by atoms with van der Waals surface area (Å²) in [6.45, 7) is 4.55. The molecule has 1 unspecified atom stereocenters. The normalized spacial score (nSPS) is 18.2. The Morgan fingerprint density at radius 3 is 2.90 bits per heavy atom. The molecule has 0 aliphatic carbocycles. The van der Waals surface area contributed by atoms with Gasteiger partial charge in [-0.1, -0.05) is 6.07 Å². The highest BCUT2D eigenvalue weighted by Gasteiger charge is 2.15. The molecule has 118 valence electrons. The molecule has 2 heterocycles. The minimum atomic E-state index is 0. The molecule has 1 aliphatic rings. The van der Waals surface area contributed by atoms with Crippen LogP contribution in [0.1, 0.15) is 24.1 Å². The molecular formula is C15H25IN4O. The molecule has 0 bridgehead atoms. The number of halogens is 1. The number of hydrogen-bond donors (Lipinski definition) is 2. The fourth-order valence-corrected chi connectivity index (χ4v) is 2.21. The lowest BCUT2D eigenvalue weighted by Crippen LogP contribution is -2.41. The smallest absolute Gasteiger partial charge is 0.191 e. The van der Waals surface area contributed by atoms with Gasteiger partial charge in [-0.05, 0) is 37.8 Å². The second kappa shape index (κ2) is 9.94. The molecule has 6 heteroatoms. The van der Waals surface area contributed by atoms with Gasteiger partial charge in [0.05, 0.1) is 6.10 Å². The standard InChI is InChI=1S/C15H24N4O.HI/c1-12-5-6-13(10-18-12)7-8-17-15(16-2)19-11-14-4-3-9-20-14;/h5-6,10,14H,3-4,7-9,11H2,1-2H3,(H2,16,17,19);1H. The number of ether oxygens (including phenoxy) is 1. The maximum Gasteiger partial charge on any atom is 0.191 e. The van der Waals surface area contributed by atoms with Crippen LogP contribution in [0.2, 0.25) is 0 Å². The van der Waals surface area contributed by atoms with E-state index < -0.39 is 0 Å². The van der Waals surface area contributed by atoms with Crippen LogP contribution in [0.15, 0.2) is 23.3 Å². The first-order valence-electron chi connectivity index (χ1n) is 7.25. The molecule has 0 saturated carbocycles. The van der Waals surface area contributed by atoms with Crippen molar-refractivity contribution in [1.29, 1.82) is 0 Å². The van der Waals surface area contributed by atoms with Crippen molar-refractivity contribution in [3.8, 4) is 0 Å². The maximum atomic E-state index is 5.58. The number of nitrogens with one attached hydrogen (secondary N) is 2. The van der Waals surface area contributed by atoms with Crippen molar-refractivity contribution < 1.29 is 4.74 Å². The summed E-state index contributed by atoms with van der Waals surface area (Å²) in [5.41, 5.74) is 2.29. The van der Waals surface area contributed by atoms with Gasteiger partial charge in [0.1, 0.15) is 0 Å². The number of aromatic nitrogens is 1. The van der Waals surface area contributed by atoms with Gasteiger partial charge in [0.2, 0.25) is 0 Å². The van der Waals surface area contributed by atoms with Crippen molar-refractivity contribution in [2.24, 2.45) is 4.99 Å². The maximum absolute atomic E-state index is 5.58. The lowest BCUT2D eigenvalue weighted by atomic mass is 10.2. The predicted molar refractivity (Wildman–Crippen MR) is 96.4 cm³/mol. The molecule has 21 heavy (non-hydrogen) atoms. The van der Waals surface area contributed by atoms with E-state index >= 15 is 0 Å². The number of hydrogen-bond acceptors (Lipinski definition) is 3. The van der Waals surface area contributed by atoms with Crippen LogP contribution >= 0.6 is 24.0 Å². The number of rotatable bonds is 5. The van der Waals surface area contributed by atoms with E-state index in [4.69, 9.17) is 4.74 Å². The largest absolute Gasteiger partial charge is 0.376 e. The van der Waals surface area contributed by atoms with Gasteiger partial charge in [0.25, 0.3) is 0 Å². The first kappa shape index (κ1) is 18.2. The molecule has 1 aromatic rings. The van der Waals surface area contributed by atoms with Crippen LogP contribution in [-0.2, 0) is 11.2 Å². The summed E-state index contributed by atoms with van der Waals surface area (Å²) in [5, 5.41) is 6.62. The van der Waals surface area contributed by atoms with Crippen LogP contribution in [0.25, 0.3) is 0 Å². The van der Waals surface area contributed by atoms with Crippen molar-refractivity contribution in [1.82, 2.24) is 15.6 Å². The summed E-state index contributed by atoms with van der Waals surface area (Å²) in [5.74, 6) is 0.834. The summed E-state index contributed by atoms with van der Waals surface area (Å²) in [6.07, 6.45) is 5.50. The molecule has 1 fully saturated rings. The predicted octanol–water partition coefficient (Wildman–Crippen LogP) is 1.89. The zero-order chi connectivity index (χ0) is 14.2.